The van der Waals surface area contributed by atoms with Crippen LogP contribution in [0, 0.1) is 0 Å². The highest BCUT2D eigenvalue weighted by atomic mass is 35.5. The van der Waals surface area contributed by atoms with Crippen molar-refractivity contribution in [2.45, 2.75) is 18.9 Å². The molecule has 1 aromatic heterocycles. The van der Waals surface area contributed by atoms with Gasteiger partial charge in [-0.05, 0) is 48.0 Å². The van der Waals surface area contributed by atoms with Gasteiger partial charge in [-0.2, -0.15) is 0 Å². The van der Waals surface area contributed by atoms with Crippen LogP contribution in [0.25, 0.3) is 11.0 Å². The molecule has 1 aliphatic heterocycles. The van der Waals surface area contributed by atoms with Gasteiger partial charge in [-0.25, -0.2) is 4.98 Å². The molecule has 0 N–H and O–H groups in total. The summed E-state index contributed by atoms with van der Waals surface area (Å²) >= 11 is 12.2. The van der Waals surface area contributed by atoms with Gasteiger partial charge in [0.1, 0.15) is 5.82 Å². The molecule has 5 rings (SSSR count). The molecule has 1 fully saturated rings. The number of nitrogens with zero attached hydrogens (tertiary/aromatic N) is 3. The minimum Gasteiger partial charge on any atom is -0.323 e. The maximum atomic E-state index is 12.8. The number of carbonyl (C=O) groups excluding carboxylic acids is 1. The molecule has 2 heterocycles. The number of carbonyl (C=O) groups is 1. The zero-order valence-corrected chi connectivity index (χ0v) is 17.6. The van der Waals surface area contributed by atoms with E-state index in [9.17, 15) is 4.79 Å². The predicted molar refractivity (Wildman–Crippen MR) is 121 cm³/mol. The van der Waals surface area contributed by atoms with Crippen molar-refractivity contribution in [1.29, 1.82) is 0 Å². The number of benzene rings is 3. The van der Waals surface area contributed by atoms with Gasteiger partial charge in [-0.3, -0.25) is 4.79 Å². The summed E-state index contributed by atoms with van der Waals surface area (Å²) in [4.78, 5) is 19.6. The Hall–Kier alpha value is -2.82. The predicted octanol–water partition coefficient (Wildman–Crippen LogP) is 5.91. The first-order valence-corrected chi connectivity index (χ1v) is 10.6. The van der Waals surface area contributed by atoms with E-state index in [1.807, 2.05) is 71.6 Å². The largest absolute Gasteiger partial charge is 0.323 e. The first-order chi connectivity index (χ1) is 14.6. The summed E-state index contributed by atoms with van der Waals surface area (Å²) in [5.74, 6) is 1.03. The highest BCUT2D eigenvalue weighted by Crippen LogP contribution is 2.34. The van der Waals surface area contributed by atoms with Gasteiger partial charge in [0.05, 0.1) is 11.0 Å². The maximum absolute atomic E-state index is 12.8. The number of para-hydroxylation sites is 2. The lowest BCUT2D eigenvalue weighted by atomic mass is 10.1. The molecule has 0 spiro atoms. The molecule has 6 heteroatoms. The number of anilines is 1. The van der Waals surface area contributed by atoms with Crippen LogP contribution in [0.15, 0.2) is 72.8 Å². The van der Waals surface area contributed by atoms with Crippen LogP contribution >= 0.6 is 23.2 Å². The van der Waals surface area contributed by atoms with Crippen LogP contribution in [-0.2, 0) is 11.3 Å². The van der Waals surface area contributed by atoms with E-state index in [1.165, 1.54) is 0 Å². The zero-order chi connectivity index (χ0) is 20.7. The van der Waals surface area contributed by atoms with Crippen molar-refractivity contribution < 1.29 is 4.79 Å². The third kappa shape index (κ3) is 3.57. The van der Waals surface area contributed by atoms with Crippen LogP contribution in [0.3, 0.4) is 0 Å². The Labute approximate surface area is 184 Å². The van der Waals surface area contributed by atoms with Crippen LogP contribution in [0.2, 0.25) is 10.0 Å². The van der Waals surface area contributed by atoms with Gasteiger partial charge in [0.15, 0.2) is 0 Å². The van der Waals surface area contributed by atoms with E-state index < -0.39 is 0 Å². The molecule has 4 nitrogen and oxygen atoms in total. The van der Waals surface area contributed by atoms with Gasteiger partial charge in [-0.1, -0.05) is 53.5 Å². The molecule has 0 saturated carbocycles. The molecule has 3 aromatic carbocycles. The number of fused-ring (bicyclic) bond motifs is 1. The summed E-state index contributed by atoms with van der Waals surface area (Å²) in [6.07, 6.45) is 0.427. The van der Waals surface area contributed by atoms with Crippen LogP contribution < -0.4 is 4.90 Å². The summed E-state index contributed by atoms with van der Waals surface area (Å²) in [6.45, 7) is 1.26. The first-order valence-electron chi connectivity index (χ1n) is 9.84. The van der Waals surface area contributed by atoms with Crippen LogP contribution in [0.5, 0.6) is 0 Å². The molecule has 1 aliphatic rings. The van der Waals surface area contributed by atoms with Crippen molar-refractivity contribution in [3.05, 3.63) is 94.2 Å². The zero-order valence-electron chi connectivity index (χ0n) is 16.1. The van der Waals surface area contributed by atoms with Crippen molar-refractivity contribution in [1.82, 2.24) is 9.55 Å². The highest BCUT2D eigenvalue weighted by Gasteiger charge is 2.34. The van der Waals surface area contributed by atoms with E-state index in [-0.39, 0.29) is 11.8 Å². The summed E-state index contributed by atoms with van der Waals surface area (Å²) < 4.78 is 2.22. The third-order valence-corrected chi connectivity index (χ3v) is 6.04. The number of aromatic nitrogens is 2. The quantitative estimate of drug-likeness (QED) is 0.399. The minimum atomic E-state index is 0.0104. The Morgan fingerprint density at radius 1 is 0.933 bits per heavy atom. The van der Waals surface area contributed by atoms with E-state index in [0.29, 0.717) is 29.6 Å². The average Bonchev–Trinajstić information content (AvgIpc) is 3.30. The van der Waals surface area contributed by atoms with Gasteiger partial charge < -0.3 is 9.47 Å². The van der Waals surface area contributed by atoms with Crippen molar-refractivity contribution >= 4 is 45.8 Å². The summed E-state index contributed by atoms with van der Waals surface area (Å²) in [6, 6.07) is 23.4. The number of hydrogen-bond acceptors (Lipinski definition) is 2. The highest BCUT2D eigenvalue weighted by molar-refractivity contribution is 6.31. The van der Waals surface area contributed by atoms with Crippen molar-refractivity contribution in [3.63, 3.8) is 0 Å². The van der Waals surface area contributed by atoms with Gasteiger partial charge in [0, 0.05) is 41.2 Å². The SMILES string of the molecule is O=C1CC(c2nc3ccccc3n2Cc2ccc(Cl)cc2)CN1c1cccc(Cl)c1. The first kappa shape index (κ1) is 19.2. The number of hydrogen-bond donors (Lipinski definition) is 0. The smallest absolute Gasteiger partial charge is 0.227 e. The Morgan fingerprint density at radius 3 is 2.53 bits per heavy atom. The van der Waals surface area contributed by atoms with E-state index in [0.717, 1.165) is 28.1 Å². The second kappa shape index (κ2) is 7.78. The fourth-order valence-electron chi connectivity index (χ4n) is 4.12. The van der Waals surface area contributed by atoms with Crippen LogP contribution in [-0.4, -0.2) is 22.0 Å². The molecular weight excluding hydrogens is 417 g/mol. The van der Waals surface area contributed by atoms with E-state index in [1.54, 1.807) is 0 Å². The normalized spacial score (nSPS) is 16.5. The van der Waals surface area contributed by atoms with E-state index in [4.69, 9.17) is 28.2 Å². The van der Waals surface area contributed by atoms with Crippen molar-refractivity contribution in [3.8, 4) is 0 Å². The Bertz CT molecular complexity index is 1230. The third-order valence-electron chi connectivity index (χ3n) is 5.55. The van der Waals surface area contributed by atoms with Crippen molar-refractivity contribution in [2.75, 3.05) is 11.4 Å². The Kier molecular flexibility index (Phi) is 4.97. The fourth-order valence-corrected chi connectivity index (χ4v) is 4.43. The van der Waals surface area contributed by atoms with Crippen LogP contribution in [0.1, 0.15) is 23.7 Å². The molecule has 1 unspecified atom stereocenters. The summed E-state index contributed by atoms with van der Waals surface area (Å²) in [5.41, 5.74) is 3.97. The second-order valence-corrected chi connectivity index (χ2v) is 8.43. The monoisotopic (exact) mass is 435 g/mol. The molecular formula is C24H19Cl2N3O. The number of imidazole rings is 1. The second-order valence-electron chi connectivity index (χ2n) is 7.56. The minimum absolute atomic E-state index is 0.0104. The van der Waals surface area contributed by atoms with Gasteiger partial charge in [0.25, 0.3) is 0 Å². The van der Waals surface area contributed by atoms with E-state index in [2.05, 4.69) is 10.6 Å². The number of rotatable bonds is 4. The Morgan fingerprint density at radius 2 is 1.73 bits per heavy atom. The fraction of sp³-hybridized carbons (Fsp3) is 0.167. The molecule has 4 aromatic rings. The lowest BCUT2D eigenvalue weighted by molar-refractivity contribution is -0.117. The molecule has 30 heavy (non-hydrogen) atoms. The summed E-state index contributed by atoms with van der Waals surface area (Å²) in [7, 11) is 0. The molecule has 0 radical (unpaired) electrons. The maximum Gasteiger partial charge on any atom is 0.227 e. The van der Waals surface area contributed by atoms with Crippen LogP contribution in [0.4, 0.5) is 5.69 Å². The molecule has 0 aliphatic carbocycles. The lowest BCUT2D eigenvalue weighted by Gasteiger charge is -2.18. The molecule has 1 atom stereocenters. The van der Waals surface area contributed by atoms with E-state index >= 15 is 0 Å². The molecule has 0 bridgehead atoms. The number of halogens is 2. The number of amides is 1. The van der Waals surface area contributed by atoms with Crippen molar-refractivity contribution in [2.24, 2.45) is 0 Å². The Balaban J connectivity index is 1.52. The van der Waals surface area contributed by atoms with Gasteiger partial charge in [-0.15, -0.1) is 0 Å². The average molecular weight is 436 g/mol. The molecule has 1 amide bonds. The standard InChI is InChI=1S/C24H19Cl2N3O/c25-18-10-8-16(9-11-18)14-29-22-7-2-1-6-21(22)27-24(29)17-12-23(30)28(15-17)20-5-3-4-19(26)13-20/h1-11,13,17H,12,14-15H2. The summed E-state index contributed by atoms with van der Waals surface area (Å²) in [5, 5.41) is 1.34. The topological polar surface area (TPSA) is 38.1 Å². The van der Waals surface area contributed by atoms with Gasteiger partial charge >= 0.3 is 0 Å². The lowest BCUT2D eigenvalue weighted by Crippen LogP contribution is -2.24. The van der Waals surface area contributed by atoms with Gasteiger partial charge in [0.2, 0.25) is 5.91 Å². The molecule has 150 valence electrons. The molecule has 1 saturated heterocycles.